The Labute approximate surface area is 169 Å². The monoisotopic (exact) mass is 394 g/mol. The molecule has 0 saturated heterocycles. The summed E-state index contributed by atoms with van der Waals surface area (Å²) in [5, 5.41) is 8.38. The van der Waals surface area contributed by atoms with E-state index in [9.17, 15) is 4.79 Å². The van der Waals surface area contributed by atoms with Crippen molar-refractivity contribution in [2.75, 3.05) is 12.3 Å². The smallest absolute Gasteiger partial charge is 0.252 e. The Morgan fingerprint density at radius 3 is 2.71 bits per heavy atom. The van der Waals surface area contributed by atoms with Crippen LogP contribution in [-0.4, -0.2) is 33.0 Å². The number of hydrogen-bond acceptors (Lipinski definition) is 4. The maximum atomic E-state index is 12.9. The average Bonchev–Trinajstić information content (AvgIpc) is 3.44. The van der Waals surface area contributed by atoms with Crippen LogP contribution >= 0.6 is 11.8 Å². The molecule has 1 N–H and O–H groups in total. The first-order valence-corrected chi connectivity index (χ1v) is 10.9. The van der Waals surface area contributed by atoms with Crippen LogP contribution in [0.15, 0.2) is 41.4 Å². The summed E-state index contributed by atoms with van der Waals surface area (Å²) < 4.78 is 1.91. The maximum Gasteiger partial charge on any atom is 0.252 e. The first-order valence-electron chi connectivity index (χ1n) is 9.88. The van der Waals surface area contributed by atoms with Crippen molar-refractivity contribution in [1.82, 2.24) is 20.1 Å². The zero-order chi connectivity index (χ0) is 19.7. The van der Waals surface area contributed by atoms with Crippen LogP contribution in [0.5, 0.6) is 0 Å². The van der Waals surface area contributed by atoms with Crippen LogP contribution in [-0.2, 0) is 0 Å². The lowest BCUT2D eigenvalue weighted by molar-refractivity contribution is 0.0957. The molecular weight excluding hydrogens is 368 g/mol. The topological polar surface area (TPSA) is 59.8 Å². The molecule has 1 saturated carbocycles. The van der Waals surface area contributed by atoms with E-state index in [4.69, 9.17) is 4.98 Å². The molecule has 0 radical (unpaired) electrons. The summed E-state index contributed by atoms with van der Waals surface area (Å²) in [5.41, 5.74) is 3.79. The van der Waals surface area contributed by atoms with Gasteiger partial charge in [-0.05, 0) is 51.8 Å². The second-order valence-electron chi connectivity index (χ2n) is 7.71. The van der Waals surface area contributed by atoms with Gasteiger partial charge in [0.1, 0.15) is 0 Å². The lowest BCUT2D eigenvalue weighted by Crippen LogP contribution is -2.26. The van der Waals surface area contributed by atoms with E-state index in [0.29, 0.717) is 18.0 Å². The predicted octanol–water partition coefficient (Wildman–Crippen LogP) is 4.72. The molecular formula is C22H26N4OS. The molecule has 0 bridgehead atoms. The zero-order valence-corrected chi connectivity index (χ0v) is 17.4. The van der Waals surface area contributed by atoms with Crippen LogP contribution in [0.4, 0.5) is 0 Å². The molecule has 0 unspecified atom stereocenters. The standard InChI is InChI=1S/C22H26N4OS/c1-14(2)26-21-19(13-24-26)18(12-20(25-21)16-6-7-16)22(27)23-10-11-28-17-8-4-15(3)5-9-17/h4-5,8-9,12-14,16H,6-7,10-11H2,1-3H3,(H,23,27). The third kappa shape index (κ3) is 4.07. The van der Waals surface area contributed by atoms with Crippen LogP contribution < -0.4 is 5.32 Å². The van der Waals surface area contributed by atoms with E-state index in [0.717, 1.165) is 35.3 Å². The largest absolute Gasteiger partial charge is 0.351 e. The fraction of sp³-hybridized carbons (Fsp3) is 0.409. The predicted molar refractivity (Wildman–Crippen MR) is 114 cm³/mol. The van der Waals surface area contributed by atoms with Crippen molar-refractivity contribution in [2.24, 2.45) is 0 Å². The second-order valence-corrected chi connectivity index (χ2v) is 8.87. The van der Waals surface area contributed by atoms with Crippen molar-refractivity contribution < 1.29 is 4.79 Å². The number of pyridine rings is 1. The summed E-state index contributed by atoms with van der Waals surface area (Å²) in [6.45, 7) is 6.87. The fourth-order valence-corrected chi connectivity index (χ4v) is 4.02. The molecule has 1 fully saturated rings. The van der Waals surface area contributed by atoms with Gasteiger partial charge in [-0.1, -0.05) is 17.7 Å². The molecule has 2 aromatic heterocycles. The van der Waals surface area contributed by atoms with Crippen LogP contribution in [0.25, 0.3) is 11.0 Å². The first kappa shape index (κ1) is 19.0. The number of carbonyl (C=O) groups is 1. The lowest BCUT2D eigenvalue weighted by atomic mass is 10.1. The molecule has 5 nitrogen and oxygen atoms in total. The van der Waals surface area contributed by atoms with E-state index in [1.165, 1.54) is 10.5 Å². The molecule has 1 aromatic carbocycles. The first-order chi connectivity index (χ1) is 13.5. The van der Waals surface area contributed by atoms with E-state index in [1.807, 2.05) is 10.7 Å². The number of hydrogen-bond donors (Lipinski definition) is 1. The van der Waals surface area contributed by atoms with Gasteiger partial charge in [0.15, 0.2) is 5.65 Å². The van der Waals surface area contributed by atoms with E-state index < -0.39 is 0 Å². The third-order valence-corrected chi connectivity index (χ3v) is 6.01. The Morgan fingerprint density at radius 2 is 2.04 bits per heavy atom. The molecule has 0 atom stereocenters. The van der Waals surface area contributed by atoms with Gasteiger partial charge in [-0.15, -0.1) is 11.8 Å². The molecule has 0 aliphatic heterocycles. The summed E-state index contributed by atoms with van der Waals surface area (Å²) in [6.07, 6.45) is 4.08. The van der Waals surface area contributed by atoms with Gasteiger partial charge in [0.25, 0.3) is 5.91 Å². The number of amides is 1. The van der Waals surface area contributed by atoms with Crippen molar-refractivity contribution in [3.05, 3.63) is 53.3 Å². The number of aryl methyl sites for hydroxylation is 1. The average molecular weight is 395 g/mol. The Bertz CT molecular complexity index is 990. The number of rotatable bonds is 7. The SMILES string of the molecule is Cc1ccc(SCCNC(=O)c2cc(C3CC3)nc3c2cnn3C(C)C)cc1. The summed E-state index contributed by atoms with van der Waals surface area (Å²) in [6, 6.07) is 10.6. The van der Waals surface area contributed by atoms with Crippen molar-refractivity contribution in [2.45, 2.75) is 50.5 Å². The summed E-state index contributed by atoms with van der Waals surface area (Å²) in [5.74, 6) is 1.29. The second kappa shape index (κ2) is 7.95. The molecule has 1 amide bonds. The van der Waals surface area contributed by atoms with Crippen LogP contribution in [0.3, 0.4) is 0 Å². The number of aromatic nitrogens is 3. The van der Waals surface area contributed by atoms with Crippen molar-refractivity contribution >= 4 is 28.7 Å². The highest BCUT2D eigenvalue weighted by Crippen LogP contribution is 2.40. The van der Waals surface area contributed by atoms with Gasteiger partial charge in [-0.25, -0.2) is 9.67 Å². The van der Waals surface area contributed by atoms with Gasteiger partial charge in [0.05, 0.1) is 17.1 Å². The molecule has 6 heteroatoms. The molecule has 4 rings (SSSR count). The number of nitrogens with one attached hydrogen (secondary N) is 1. The lowest BCUT2D eigenvalue weighted by Gasteiger charge is -2.11. The number of thioether (sulfide) groups is 1. The molecule has 2 heterocycles. The molecule has 1 aliphatic carbocycles. The number of carbonyl (C=O) groups excluding carboxylic acids is 1. The van der Waals surface area contributed by atoms with Gasteiger partial charge < -0.3 is 5.32 Å². The van der Waals surface area contributed by atoms with Gasteiger partial charge in [-0.3, -0.25) is 4.79 Å². The third-order valence-electron chi connectivity index (χ3n) is 4.99. The van der Waals surface area contributed by atoms with Gasteiger partial charge in [-0.2, -0.15) is 5.10 Å². The van der Waals surface area contributed by atoms with Gasteiger partial charge >= 0.3 is 0 Å². The molecule has 1 aliphatic rings. The number of nitrogens with zero attached hydrogens (tertiary/aromatic N) is 3. The Morgan fingerprint density at radius 1 is 1.29 bits per heavy atom. The Kier molecular flexibility index (Phi) is 5.40. The molecule has 146 valence electrons. The molecule has 3 aromatic rings. The zero-order valence-electron chi connectivity index (χ0n) is 16.6. The number of fused-ring (bicyclic) bond motifs is 1. The van der Waals surface area contributed by atoms with Crippen LogP contribution in [0.1, 0.15) is 60.3 Å². The highest BCUT2D eigenvalue weighted by molar-refractivity contribution is 7.99. The highest BCUT2D eigenvalue weighted by atomic mass is 32.2. The quantitative estimate of drug-likeness (QED) is 0.465. The van der Waals surface area contributed by atoms with Gasteiger partial charge in [0.2, 0.25) is 0 Å². The Balaban J connectivity index is 1.47. The summed E-state index contributed by atoms with van der Waals surface area (Å²) >= 11 is 1.75. The molecule has 28 heavy (non-hydrogen) atoms. The van der Waals surface area contributed by atoms with Crippen molar-refractivity contribution in [3.63, 3.8) is 0 Å². The van der Waals surface area contributed by atoms with Crippen molar-refractivity contribution in [3.8, 4) is 0 Å². The van der Waals surface area contributed by atoms with Crippen LogP contribution in [0, 0.1) is 6.92 Å². The minimum atomic E-state index is -0.0397. The highest BCUT2D eigenvalue weighted by Gasteiger charge is 2.28. The van der Waals surface area contributed by atoms with E-state index >= 15 is 0 Å². The van der Waals surface area contributed by atoms with Crippen LogP contribution in [0.2, 0.25) is 0 Å². The number of benzene rings is 1. The summed E-state index contributed by atoms with van der Waals surface area (Å²) in [7, 11) is 0. The summed E-state index contributed by atoms with van der Waals surface area (Å²) in [4.78, 5) is 18.9. The van der Waals surface area contributed by atoms with Crippen molar-refractivity contribution in [1.29, 1.82) is 0 Å². The fourth-order valence-electron chi connectivity index (χ4n) is 3.25. The molecule has 0 spiro atoms. The maximum absolute atomic E-state index is 12.9. The van der Waals surface area contributed by atoms with E-state index in [1.54, 1.807) is 18.0 Å². The van der Waals surface area contributed by atoms with E-state index in [-0.39, 0.29) is 11.9 Å². The minimum Gasteiger partial charge on any atom is -0.351 e. The normalized spacial score (nSPS) is 14.0. The van der Waals surface area contributed by atoms with E-state index in [2.05, 4.69) is 55.5 Å². The minimum absolute atomic E-state index is 0.0397. The Hall–Kier alpha value is -2.34. The van der Waals surface area contributed by atoms with Gasteiger partial charge in [0, 0.05) is 34.8 Å².